The van der Waals surface area contributed by atoms with Gasteiger partial charge in [0.2, 0.25) is 15.9 Å². The molecule has 1 aliphatic rings. The van der Waals surface area contributed by atoms with Gasteiger partial charge in [-0.25, -0.2) is 8.42 Å². The topological polar surface area (TPSA) is 86.7 Å². The van der Waals surface area contributed by atoms with Crippen molar-refractivity contribution in [2.75, 3.05) is 19.7 Å². The van der Waals surface area contributed by atoms with E-state index in [4.69, 9.17) is 5.11 Å². The summed E-state index contributed by atoms with van der Waals surface area (Å²) in [5.41, 5.74) is 1.10. The Morgan fingerprint density at radius 2 is 1.76 bits per heavy atom. The standard InChI is InChI=1S/C18H28N2O4S/c1-13(2)15-4-6-17(7-5-15)25(23,24)20-10-8-16(9-11-20)18(22)19-14(3)12-21/h4-7,13-14,16,21H,8-12H2,1-3H3,(H,19,22). The Bertz CT molecular complexity index is 678. The fourth-order valence-electron chi connectivity index (χ4n) is 2.94. The molecule has 0 spiro atoms. The van der Waals surface area contributed by atoms with Gasteiger partial charge >= 0.3 is 0 Å². The molecule has 0 aromatic heterocycles. The number of sulfonamides is 1. The van der Waals surface area contributed by atoms with Crippen LogP contribution in [0.25, 0.3) is 0 Å². The molecule has 6 nitrogen and oxygen atoms in total. The molecule has 0 radical (unpaired) electrons. The fourth-order valence-corrected chi connectivity index (χ4v) is 4.41. The Kier molecular flexibility index (Phi) is 6.59. The number of hydrogen-bond acceptors (Lipinski definition) is 4. The van der Waals surface area contributed by atoms with Gasteiger partial charge in [-0.1, -0.05) is 26.0 Å². The number of nitrogens with zero attached hydrogens (tertiary/aromatic N) is 1. The lowest BCUT2D eigenvalue weighted by Crippen LogP contribution is -2.45. The average Bonchev–Trinajstić information content (AvgIpc) is 2.61. The molecule has 1 aromatic carbocycles. The number of carbonyl (C=O) groups is 1. The van der Waals surface area contributed by atoms with Crippen LogP contribution in [0.3, 0.4) is 0 Å². The lowest BCUT2D eigenvalue weighted by molar-refractivity contribution is -0.127. The highest BCUT2D eigenvalue weighted by molar-refractivity contribution is 7.89. The molecule has 1 heterocycles. The number of aliphatic hydroxyl groups is 1. The first-order valence-corrected chi connectivity index (χ1v) is 10.2. The molecule has 1 fully saturated rings. The summed E-state index contributed by atoms with van der Waals surface area (Å²) >= 11 is 0. The third-order valence-corrected chi connectivity index (χ3v) is 6.58. The van der Waals surface area contributed by atoms with Gasteiger partial charge in [0.25, 0.3) is 0 Å². The number of hydrogen-bond donors (Lipinski definition) is 2. The number of nitrogens with one attached hydrogen (secondary N) is 1. The molecule has 2 N–H and O–H groups in total. The Morgan fingerprint density at radius 1 is 1.20 bits per heavy atom. The minimum Gasteiger partial charge on any atom is -0.394 e. The van der Waals surface area contributed by atoms with Crippen molar-refractivity contribution in [3.63, 3.8) is 0 Å². The van der Waals surface area contributed by atoms with Gasteiger partial charge in [0, 0.05) is 25.0 Å². The van der Waals surface area contributed by atoms with Crippen LogP contribution in [0, 0.1) is 5.92 Å². The van der Waals surface area contributed by atoms with E-state index in [1.165, 1.54) is 4.31 Å². The van der Waals surface area contributed by atoms with E-state index in [0.717, 1.165) is 5.56 Å². The van der Waals surface area contributed by atoms with Crippen LogP contribution in [-0.4, -0.2) is 49.5 Å². The maximum Gasteiger partial charge on any atom is 0.243 e. The maximum absolute atomic E-state index is 12.8. The molecular weight excluding hydrogens is 340 g/mol. The predicted molar refractivity (Wildman–Crippen MR) is 96.7 cm³/mol. The molecular formula is C18H28N2O4S. The Hall–Kier alpha value is -1.44. The quantitative estimate of drug-likeness (QED) is 0.800. The van der Waals surface area contributed by atoms with Gasteiger partial charge in [-0.2, -0.15) is 4.31 Å². The van der Waals surface area contributed by atoms with Crippen LogP contribution in [-0.2, 0) is 14.8 Å². The summed E-state index contributed by atoms with van der Waals surface area (Å²) in [7, 11) is -3.52. The summed E-state index contributed by atoms with van der Waals surface area (Å²) in [4.78, 5) is 12.4. The van der Waals surface area contributed by atoms with E-state index < -0.39 is 10.0 Å². The molecule has 140 valence electrons. The van der Waals surface area contributed by atoms with E-state index in [-0.39, 0.29) is 24.5 Å². The number of amides is 1. The molecule has 7 heteroatoms. The van der Waals surface area contributed by atoms with Gasteiger partial charge in [0.1, 0.15) is 0 Å². The van der Waals surface area contributed by atoms with Crippen molar-refractivity contribution in [1.82, 2.24) is 9.62 Å². The summed E-state index contributed by atoms with van der Waals surface area (Å²) < 4.78 is 27.0. The van der Waals surface area contributed by atoms with Gasteiger partial charge < -0.3 is 10.4 Å². The molecule has 1 aliphatic heterocycles. The lowest BCUT2D eigenvalue weighted by Gasteiger charge is -2.31. The largest absolute Gasteiger partial charge is 0.394 e. The van der Waals surface area contributed by atoms with E-state index in [9.17, 15) is 13.2 Å². The van der Waals surface area contributed by atoms with Crippen molar-refractivity contribution in [1.29, 1.82) is 0 Å². The smallest absolute Gasteiger partial charge is 0.243 e. The third kappa shape index (κ3) is 4.80. The van der Waals surface area contributed by atoms with Crippen LogP contribution in [0.15, 0.2) is 29.2 Å². The molecule has 1 atom stereocenters. The summed E-state index contributed by atoms with van der Waals surface area (Å²) in [6.07, 6.45) is 0.987. The van der Waals surface area contributed by atoms with Crippen molar-refractivity contribution >= 4 is 15.9 Å². The Balaban J connectivity index is 2.00. The van der Waals surface area contributed by atoms with Crippen molar-refractivity contribution in [2.45, 2.75) is 50.5 Å². The third-order valence-electron chi connectivity index (χ3n) is 4.67. The van der Waals surface area contributed by atoms with Crippen molar-refractivity contribution in [2.24, 2.45) is 5.92 Å². The zero-order chi connectivity index (χ0) is 18.6. The van der Waals surface area contributed by atoms with Gasteiger partial charge in [-0.15, -0.1) is 0 Å². The highest BCUT2D eigenvalue weighted by atomic mass is 32.2. The van der Waals surface area contributed by atoms with Crippen LogP contribution < -0.4 is 5.32 Å². The highest BCUT2D eigenvalue weighted by Gasteiger charge is 2.32. The van der Waals surface area contributed by atoms with Gasteiger partial charge in [0.05, 0.1) is 11.5 Å². The van der Waals surface area contributed by atoms with Crippen molar-refractivity contribution in [3.05, 3.63) is 29.8 Å². The first kappa shape index (κ1) is 19.9. The molecule has 0 aliphatic carbocycles. The maximum atomic E-state index is 12.8. The second kappa shape index (κ2) is 8.29. The van der Waals surface area contributed by atoms with Gasteiger partial charge in [-0.05, 0) is 43.4 Å². The average molecular weight is 368 g/mol. The summed E-state index contributed by atoms with van der Waals surface area (Å²) in [5.74, 6) is 0.0379. The van der Waals surface area contributed by atoms with E-state index in [1.54, 1.807) is 19.1 Å². The zero-order valence-electron chi connectivity index (χ0n) is 15.1. The molecule has 1 amide bonds. The minimum atomic E-state index is -3.52. The minimum absolute atomic E-state index is 0.106. The second-order valence-corrected chi connectivity index (χ2v) is 8.93. The number of piperidine rings is 1. The number of rotatable bonds is 6. The van der Waals surface area contributed by atoms with Crippen molar-refractivity contribution in [3.8, 4) is 0 Å². The van der Waals surface area contributed by atoms with E-state index in [2.05, 4.69) is 19.2 Å². The molecule has 25 heavy (non-hydrogen) atoms. The Labute approximate surface area is 150 Å². The monoisotopic (exact) mass is 368 g/mol. The fraction of sp³-hybridized carbons (Fsp3) is 0.611. The van der Waals surface area contributed by atoms with Crippen LogP contribution in [0.1, 0.15) is 45.1 Å². The van der Waals surface area contributed by atoms with Gasteiger partial charge in [-0.3, -0.25) is 4.79 Å². The van der Waals surface area contributed by atoms with Crippen LogP contribution in [0.2, 0.25) is 0 Å². The van der Waals surface area contributed by atoms with E-state index >= 15 is 0 Å². The number of benzene rings is 1. The predicted octanol–water partition coefficient (Wildman–Crippen LogP) is 1.71. The van der Waals surface area contributed by atoms with Crippen LogP contribution in [0.5, 0.6) is 0 Å². The first-order valence-electron chi connectivity index (χ1n) is 8.77. The van der Waals surface area contributed by atoms with Crippen molar-refractivity contribution < 1.29 is 18.3 Å². The molecule has 1 aromatic rings. The number of aliphatic hydroxyl groups excluding tert-OH is 1. The highest BCUT2D eigenvalue weighted by Crippen LogP contribution is 2.25. The van der Waals surface area contributed by atoms with E-state index in [1.807, 2.05) is 12.1 Å². The lowest BCUT2D eigenvalue weighted by atomic mass is 9.97. The Morgan fingerprint density at radius 3 is 2.24 bits per heavy atom. The number of carbonyl (C=O) groups excluding carboxylic acids is 1. The summed E-state index contributed by atoms with van der Waals surface area (Å²) in [6.45, 7) is 6.43. The summed E-state index contributed by atoms with van der Waals surface area (Å²) in [6, 6.07) is 6.75. The first-order chi connectivity index (χ1) is 11.8. The second-order valence-electron chi connectivity index (χ2n) is 6.99. The molecule has 0 bridgehead atoms. The van der Waals surface area contributed by atoms with Crippen LogP contribution in [0.4, 0.5) is 0 Å². The molecule has 0 saturated carbocycles. The molecule has 1 saturated heterocycles. The summed E-state index contributed by atoms with van der Waals surface area (Å²) in [5, 5.41) is 11.8. The SMILES string of the molecule is CC(CO)NC(=O)C1CCN(S(=O)(=O)c2ccc(C(C)C)cc2)CC1. The molecule has 1 unspecified atom stereocenters. The zero-order valence-corrected chi connectivity index (χ0v) is 15.9. The normalized spacial score (nSPS) is 18.3. The van der Waals surface area contributed by atoms with Gasteiger partial charge in [0.15, 0.2) is 0 Å². The van der Waals surface area contributed by atoms with Crippen LogP contribution >= 0.6 is 0 Å². The molecule has 2 rings (SSSR count). The van der Waals surface area contributed by atoms with E-state index in [0.29, 0.717) is 36.7 Å².